The number of hydrogen-bond acceptors (Lipinski definition) is 4. The van der Waals surface area contributed by atoms with Crippen molar-refractivity contribution >= 4 is 11.4 Å². The molecule has 57 heavy (non-hydrogen) atoms. The first-order chi connectivity index (χ1) is 27.7. The highest BCUT2D eigenvalue weighted by Crippen LogP contribution is 2.61. The third-order valence-electron chi connectivity index (χ3n) is 11.3. The molecule has 0 unspecified atom stereocenters. The molecule has 0 saturated heterocycles. The first-order valence-electron chi connectivity index (χ1n) is 19.0. The number of aryl methyl sites for hydroxylation is 2. The van der Waals surface area contributed by atoms with Gasteiger partial charge in [-0.15, -0.1) is 0 Å². The topological polar surface area (TPSA) is 92.5 Å². The van der Waals surface area contributed by atoms with E-state index in [4.69, 9.17) is 11.5 Å². The summed E-state index contributed by atoms with van der Waals surface area (Å²) in [5, 5.41) is 22.3. The van der Waals surface area contributed by atoms with Crippen LogP contribution < -0.4 is 11.5 Å². The number of nitrogen functional groups attached to an aromatic ring is 2. The van der Waals surface area contributed by atoms with Gasteiger partial charge in [-0.3, -0.25) is 0 Å². The maximum atomic E-state index is 11.1. The summed E-state index contributed by atoms with van der Waals surface area (Å²) in [5.74, 6) is 7.25. The molecule has 4 heteroatoms. The highest BCUT2D eigenvalue weighted by atomic mass is 16.3. The first kappa shape index (κ1) is 35.2. The molecule has 0 fully saturated rings. The second kappa shape index (κ2) is 14.0. The van der Waals surface area contributed by atoms with E-state index in [0.717, 1.165) is 77.9 Å². The largest absolute Gasteiger partial charge is 0.506 e. The van der Waals surface area contributed by atoms with Gasteiger partial charge in [0, 0.05) is 11.1 Å². The van der Waals surface area contributed by atoms with Crippen LogP contribution in [-0.2, 0) is 5.41 Å². The fraction of sp³-hybridized carbons (Fsp3) is 0.0566. The second-order valence-electron chi connectivity index (χ2n) is 14.8. The van der Waals surface area contributed by atoms with Gasteiger partial charge in [0.2, 0.25) is 0 Å². The summed E-state index contributed by atoms with van der Waals surface area (Å²) in [7, 11) is 0. The van der Waals surface area contributed by atoms with E-state index < -0.39 is 5.41 Å². The van der Waals surface area contributed by atoms with E-state index in [9.17, 15) is 10.2 Å². The number of nitrogens with two attached hydrogens (primary N) is 2. The lowest BCUT2D eigenvalue weighted by Gasteiger charge is -2.36. The van der Waals surface area contributed by atoms with E-state index >= 15 is 0 Å². The van der Waals surface area contributed by atoms with Gasteiger partial charge >= 0.3 is 0 Å². The maximum absolute atomic E-state index is 11.1. The molecule has 0 aromatic heterocycles. The number of rotatable bonds is 5. The van der Waals surface area contributed by atoms with Gasteiger partial charge in [0.05, 0.1) is 16.8 Å². The summed E-state index contributed by atoms with van der Waals surface area (Å²) in [5.41, 5.74) is 28.1. The zero-order chi connectivity index (χ0) is 39.3. The average molecular weight is 737 g/mol. The molecule has 8 aromatic rings. The Morgan fingerprint density at radius 3 is 1.42 bits per heavy atom. The minimum atomic E-state index is -1.06. The van der Waals surface area contributed by atoms with Crippen LogP contribution in [0, 0.1) is 25.7 Å². The molecule has 0 spiro atoms. The SMILES string of the molecule is Cc1cc(C2(c3cc(C)c(O)c(N)c3)c3cc(-c4ccccc4)c(-c4ccccc4)cc3-c3cc(-c4ccccc4)cc(C#Cc4ccccc4)c32)cc(N)c1O. The Bertz CT molecular complexity index is 2790. The number of aromatic hydroxyl groups is 2. The van der Waals surface area contributed by atoms with Crippen LogP contribution in [0.5, 0.6) is 11.5 Å². The Morgan fingerprint density at radius 1 is 0.439 bits per heavy atom. The van der Waals surface area contributed by atoms with Crippen molar-refractivity contribution in [2.45, 2.75) is 19.3 Å². The molecule has 4 nitrogen and oxygen atoms in total. The summed E-state index contributed by atoms with van der Waals surface area (Å²) in [6.07, 6.45) is 0. The summed E-state index contributed by atoms with van der Waals surface area (Å²) in [6.45, 7) is 3.75. The van der Waals surface area contributed by atoms with Crippen molar-refractivity contribution < 1.29 is 10.2 Å². The van der Waals surface area contributed by atoms with Gasteiger partial charge in [0.1, 0.15) is 11.5 Å². The van der Waals surface area contributed by atoms with Crippen molar-refractivity contribution in [2.24, 2.45) is 0 Å². The van der Waals surface area contributed by atoms with Crippen LogP contribution in [0.4, 0.5) is 11.4 Å². The first-order valence-corrected chi connectivity index (χ1v) is 19.0. The molecule has 9 rings (SSSR count). The molecule has 8 aromatic carbocycles. The van der Waals surface area contributed by atoms with E-state index in [0.29, 0.717) is 11.1 Å². The second-order valence-corrected chi connectivity index (χ2v) is 14.8. The Morgan fingerprint density at radius 2 is 0.912 bits per heavy atom. The third kappa shape index (κ3) is 5.89. The van der Waals surface area contributed by atoms with E-state index in [1.807, 2.05) is 86.6 Å². The van der Waals surface area contributed by atoms with Crippen molar-refractivity contribution in [3.05, 3.63) is 214 Å². The van der Waals surface area contributed by atoms with Gasteiger partial charge in [-0.25, -0.2) is 0 Å². The molecule has 1 aliphatic rings. The minimum absolute atomic E-state index is 0.0432. The van der Waals surface area contributed by atoms with Gasteiger partial charge in [0.25, 0.3) is 0 Å². The Hall–Kier alpha value is -7.48. The molecule has 6 N–H and O–H groups in total. The molecular formula is C53H40N2O2. The number of benzene rings is 8. The number of fused-ring (bicyclic) bond motifs is 3. The van der Waals surface area contributed by atoms with Crippen molar-refractivity contribution in [3.8, 4) is 67.8 Å². The molecule has 0 heterocycles. The van der Waals surface area contributed by atoms with Crippen molar-refractivity contribution in [1.29, 1.82) is 0 Å². The predicted octanol–water partition coefficient (Wildman–Crippen LogP) is 11.6. The Balaban J connectivity index is 1.52. The van der Waals surface area contributed by atoms with Gasteiger partial charge in [-0.2, -0.15) is 0 Å². The average Bonchev–Trinajstić information content (AvgIpc) is 3.54. The molecule has 0 aliphatic heterocycles. The lowest BCUT2D eigenvalue weighted by molar-refractivity contribution is 0.473. The quantitative estimate of drug-likeness (QED) is 0.0804. The Labute approximate surface area is 333 Å². The van der Waals surface area contributed by atoms with Crippen LogP contribution in [0.2, 0.25) is 0 Å². The monoisotopic (exact) mass is 736 g/mol. The van der Waals surface area contributed by atoms with Gasteiger partial charge in [-0.1, -0.05) is 133 Å². The number of phenols is 2. The molecule has 0 radical (unpaired) electrons. The third-order valence-corrected chi connectivity index (χ3v) is 11.3. The minimum Gasteiger partial charge on any atom is -0.506 e. The highest BCUT2D eigenvalue weighted by Gasteiger charge is 2.49. The van der Waals surface area contributed by atoms with E-state index in [2.05, 4.69) is 109 Å². The molecule has 274 valence electrons. The number of phenolic OH excluding ortho intramolecular Hbond substituents is 2. The predicted molar refractivity (Wildman–Crippen MR) is 234 cm³/mol. The summed E-state index contributed by atoms with van der Waals surface area (Å²) in [6, 6.07) is 58.3. The van der Waals surface area contributed by atoms with Crippen LogP contribution in [-0.4, -0.2) is 10.2 Å². The maximum Gasteiger partial charge on any atom is 0.141 e. The standard InChI is InChI=1S/C53H40N2O2/c1-33-25-41(29-48(54)51(33)56)53(42-26-34(2)52(57)49(55)30-42)47-32-44(38-21-13-6-14-22-38)43(37-19-11-5-12-20-37)31-45(47)46-28-40(36-17-9-4-10-18-36)27-39(50(46)53)24-23-35-15-7-3-8-16-35/h3-22,25-32,56-57H,54-55H2,1-2H3. The fourth-order valence-electron chi connectivity index (χ4n) is 8.61. The number of hydrogen-bond donors (Lipinski definition) is 4. The summed E-state index contributed by atoms with van der Waals surface area (Å²) >= 11 is 0. The van der Waals surface area contributed by atoms with Crippen molar-refractivity contribution in [3.63, 3.8) is 0 Å². The molecule has 0 bridgehead atoms. The fourth-order valence-corrected chi connectivity index (χ4v) is 8.61. The molecular weight excluding hydrogens is 697 g/mol. The molecule has 1 aliphatic carbocycles. The van der Waals surface area contributed by atoms with E-state index in [1.165, 1.54) is 0 Å². The van der Waals surface area contributed by atoms with Crippen molar-refractivity contribution in [2.75, 3.05) is 11.5 Å². The van der Waals surface area contributed by atoms with E-state index in [1.54, 1.807) is 0 Å². The Kier molecular flexibility index (Phi) is 8.64. The highest BCUT2D eigenvalue weighted by molar-refractivity contribution is 5.97. The van der Waals surface area contributed by atoms with Crippen LogP contribution >= 0.6 is 0 Å². The molecule has 0 atom stereocenters. The van der Waals surface area contributed by atoms with Crippen LogP contribution in [0.3, 0.4) is 0 Å². The van der Waals surface area contributed by atoms with Crippen LogP contribution in [0.1, 0.15) is 44.5 Å². The number of anilines is 2. The van der Waals surface area contributed by atoms with Gasteiger partial charge in [-0.05, 0) is 140 Å². The normalized spacial score (nSPS) is 12.3. The van der Waals surface area contributed by atoms with Crippen LogP contribution in [0.15, 0.2) is 170 Å². The van der Waals surface area contributed by atoms with Gasteiger partial charge < -0.3 is 21.7 Å². The zero-order valence-corrected chi connectivity index (χ0v) is 31.7. The van der Waals surface area contributed by atoms with Crippen LogP contribution in [0.25, 0.3) is 44.5 Å². The summed E-state index contributed by atoms with van der Waals surface area (Å²) < 4.78 is 0. The van der Waals surface area contributed by atoms with Crippen molar-refractivity contribution in [1.82, 2.24) is 0 Å². The van der Waals surface area contributed by atoms with Gasteiger partial charge in [0.15, 0.2) is 0 Å². The smallest absolute Gasteiger partial charge is 0.141 e. The zero-order valence-electron chi connectivity index (χ0n) is 31.7. The summed E-state index contributed by atoms with van der Waals surface area (Å²) in [4.78, 5) is 0. The lowest BCUT2D eigenvalue weighted by Crippen LogP contribution is -2.30. The lowest BCUT2D eigenvalue weighted by atomic mass is 9.65. The molecule has 0 saturated carbocycles. The molecule has 0 amide bonds. The van der Waals surface area contributed by atoms with E-state index in [-0.39, 0.29) is 22.9 Å².